The lowest BCUT2D eigenvalue weighted by molar-refractivity contribution is 1.18. The van der Waals surface area contributed by atoms with E-state index in [4.69, 9.17) is 0 Å². The summed E-state index contributed by atoms with van der Waals surface area (Å²) in [5.74, 6) is 0. The van der Waals surface area contributed by atoms with Gasteiger partial charge in [0.15, 0.2) is 0 Å². The maximum absolute atomic E-state index is 2.45. The fourth-order valence-corrected chi connectivity index (χ4v) is 10.5. The van der Waals surface area contributed by atoms with Crippen LogP contribution in [-0.4, -0.2) is 4.57 Å². The van der Waals surface area contributed by atoms with Crippen molar-refractivity contribution < 1.29 is 0 Å². The van der Waals surface area contributed by atoms with Crippen molar-refractivity contribution in [3.63, 3.8) is 0 Å². The Hall–Kier alpha value is -8.72. The van der Waals surface area contributed by atoms with E-state index in [1.54, 1.807) is 0 Å². The van der Waals surface area contributed by atoms with Crippen LogP contribution in [0.1, 0.15) is 0 Å². The normalized spacial score (nSPS) is 11.6. The van der Waals surface area contributed by atoms with Crippen LogP contribution in [0.3, 0.4) is 0 Å². The second-order valence-electron chi connectivity index (χ2n) is 17.2. The molecule has 0 aliphatic carbocycles. The summed E-state index contributed by atoms with van der Waals surface area (Å²) < 4.78 is 2.45. The number of rotatable bonds is 7. The molecule has 0 N–H and O–H groups in total. The molecule has 2 nitrogen and oxygen atoms in total. The Bertz CT molecular complexity index is 3980. The van der Waals surface area contributed by atoms with Crippen LogP contribution >= 0.6 is 0 Å². The molecule has 12 aromatic carbocycles. The van der Waals surface area contributed by atoms with Crippen LogP contribution in [0.5, 0.6) is 0 Å². The van der Waals surface area contributed by atoms with Crippen LogP contribution in [0.15, 0.2) is 255 Å². The molecule has 0 spiro atoms. The molecular weight excluding hydrogens is 797 g/mol. The minimum atomic E-state index is 1.08. The van der Waals surface area contributed by atoms with E-state index < -0.39 is 0 Å². The van der Waals surface area contributed by atoms with E-state index >= 15 is 0 Å². The van der Waals surface area contributed by atoms with Crippen molar-refractivity contribution in [2.75, 3.05) is 4.90 Å². The standard InChI is InChI=1S/C64H42N2/c1-4-21-52-43(15-1)18-14-28-53(52)45-31-36-49(37-32-45)65(51-20-13-19-47(41-51)60-42-48-17-3-5-22-54(48)57-25-7-8-26-58(57)60)50-38-33-46(34-39-50)55-23-9-11-29-61(55)66-62-30-12-10-27-59(62)64-56-24-6-2-16-44(56)35-40-63(64)66/h1-42H. The number of nitrogens with zero attached hydrogens (tertiary/aromatic N) is 2. The van der Waals surface area contributed by atoms with Crippen molar-refractivity contribution in [3.8, 4) is 39.1 Å². The molecule has 0 radical (unpaired) electrons. The highest BCUT2D eigenvalue weighted by atomic mass is 15.1. The number of fused-ring (bicyclic) bond motifs is 9. The zero-order valence-corrected chi connectivity index (χ0v) is 36.1. The lowest BCUT2D eigenvalue weighted by Crippen LogP contribution is -2.10. The van der Waals surface area contributed by atoms with E-state index in [0.717, 1.165) is 28.3 Å². The highest BCUT2D eigenvalue weighted by Gasteiger charge is 2.19. The van der Waals surface area contributed by atoms with E-state index in [0.29, 0.717) is 0 Å². The fraction of sp³-hybridized carbons (Fsp3) is 0. The predicted molar refractivity (Wildman–Crippen MR) is 282 cm³/mol. The highest BCUT2D eigenvalue weighted by Crippen LogP contribution is 2.43. The molecule has 0 unspecified atom stereocenters. The van der Waals surface area contributed by atoms with Crippen molar-refractivity contribution in [1.29, 1.82) is 0 Å². The number of aromatic nitrogens is 1. The van der Waals surface area contributed by atoms with E-state index in [1.165, 1.54) is 92.7 Å². The second kappa shape index (κ2) is 15.5. The first-order valence-electron chi connectivity index (χ1n) is 22.8. The summed E-state index contributed by atoms with van der Waals surface area (Å²) in [5.41, 5.74) is 14.0. The summed E-state index contributed by atoms with van der Waals surface area (Å²) in [5, 5.41) is 12.6. The van der Waals surface area contributed by atoms with Crippen LogP contribution in [0, 0.1) is 0 Å². The molecule has 308 valence electrons. The van der Waals surface area contributed by atoms with Gasteiger partial charge in [-0.25, -0.2) is 0 Å². The van der Waals surface area contributed by atoms with Crippen LogP contribution in [0.25, 0.3) is 104 Å². The van der Waals surface area contributed by atoms with Crippen molar-refractivity contribution in [2.24, 2.45) is 0 Å². The lowest BCUT2D eigenvalue weighted by atomic mass is 9.93. The molecule has 0 aliphatic heterocycles. The van der Waals surface area contributed by atoms with Gasteiger partial charge in [0.05, 0.1) is 16.7 Å². The SMILES string of the molecule is c1cc(-c2cc3ccccc3c3ccccc23)cc(N(c2ccc(-c3ccccc3-n3c4ccccc4c4c5ccccc5ccc43)cc2)c2ccc(-c3cccc4ccccc34)cc2)c1. The molecule has 1 heterocycles. The third-order valence-corrected chi connectivity index (χ3v) is 13.6. The van der Waals surface area contributed by atoms with Gasteiger partial charge in [0.2, 0.25) is 0 Å². The Labute approximate surface area is 383 Å². The number of anilines is 3. The molecule has 0 saturated heterocycles. The molecule has 0 amide bonds. The van der Waals surface area contributed by atoms with Gasteiger partial charge in [0.1, 0.15) is 0 Å². The zero-order chi connectivity index (χ0) is 43.6. The monoisotopic (exact) mass is 838 g/mol. The lowest BCUT2D eigenvalue weighted by Gasteiger charge is -2.27. The molecule has 0 fully saturated rings. The van der Waals surface area contributed by atoms with Crippen LogP contribution in [0.4, 0.5) is 17.1 Å². The first-order valence-corrected chi connectivity index (χ1v) is 22.8. The summed E-state index contributed by atoms with van der Waals surface area (Å²) in [7, 11) is 0. The predicted octanol–water partition coefficient (Wildman–Crippen LogP) is 17.9. The molecule has 0 bridgehead atoms. The number of benzene rings is 12. The summed E-state index contributed by atoms with van der Waals surface area (Å²) >= 11 is 0. The minimum Gasteiger partial charge on any atom is -0.310 e. The molecule has 0 saturated carbocycles. The van der Waals surface area contributed by atoms with Gasteiger partial charge in [-0.1, -0.05) is 194 Å². The van der Waals surface area contributed by atoms with Crippen molar-refractivity contribution in [1.82, 2.24) is 4.57 Å². The number of para-hydroxylation sites is 2. The van der Waals surface area contributed by atoms with Crippen molar-refractivity contribution >= 4 is 82.0 Å². The fourth-order valence-electron chi connectivity index (χ4n) is 10.5. The van der Waals surface area contributed by atoms with Crippen LogP contribution < -0.4 is 4.90 Å². The van der Waals surface area contributed by atoms with Crippen molar-refractivity contribution in [3.05, 3.63) is 255 Å². The molecule has 66 heavy (non-hydrogen) atoms. The van der Waals surface area contributed by atoms with E-state index in [1.807, 2.05) is 0 Å². The molecule has 13 rings (SSSR count). The number of hydrogen-bond acceptors (Lipinski definition) is 1. The topological polar surface area (TPSA) is 8.17 Å². The van der Waals surface area contributed by atoms with Gasteiger partial charge >= 0.3 is 0 Å². The average Bonchev–Trinajstić information content (AvgIpc) is 3.74. The molecule has 13 aromatic rings. The van der Waals surface area contributed by atoms with Gasteiger partial charge in [-0.3, -0.25) is 0 Å². The third-order valence-electron chi connectivity index (χ3n) is 13.6. The van der Waals surface area contributed by atoms with Gasteiger partial charge in [-0.15, -0.1) is 0 Å². The molecule has 0 atom stereocenters. The molecule has 1 aromatic heterocycles. The summed E-state index contributed by atoms with van der Waals surface area (Å²) in [6.45, 7) is 0. The minimum absolute atomic E-state index is 1.08. The maximum atomic E-state index is 2.45. The van der Waals surface area contributed by atoms with Crippen molar-refractivity contribution in [2.45, 2.75) is 0 Å². The van der Waals surface area contributed by atoms with E-state index in [2.05, 4.69) is 264 Å². The van der Waals surface area contributed by atoms with E-state index in [-0.39, 0.29) is 0 Å². The first-order chi connectivity index (χ1) is 32.7. The largest absolute Gasteiger partial charge is 0.310 e. The molecule has 0 aliphatic rings. The number of hydrogen-bond donors (Lipinski definition) is 0. The Morgan fingerprint density at radius 1 is 0.258 bits per heavy atom. The maximum Gasteiger partial charge on any atom is 0.0547 e. The Kier molecular flexibility index (Phi) is 8.89. The summed E-state index contributed by atoms with van der Waals surface area (Å²) in [6, 6.07) is 93.2. The Morgan fingerprint density at radius 2 is 0.803 bits per heavy atom. The van der Waals surface area contributed by atoms with Crippen LogP contribution in [0.2, 0.25) is 0 Å². The third kappa shape index (κ3) is 6.18. The van der Waals surface area contributed by atoms with E-state index in [9.17, 15) is 0 Å². The van der Waals surface area contributed by atoms with Gasteiger partial charge < -0.3 is 9.47 Å². The zero-order valence-electron chi connectivity index (χ0n) is 36.1. The van der Waals surface area contributed by atoms with Crippen LogP contribution in [-0.2, 0) is 0 Å². The van der Waals surface area contributed by atoms with Gasteiger partial charge in [-0.05, 0) is 132 Å². The second-order valence-corrected chi connectivity index (χ2v) is 17.2. The Morgan fingerprint density at radius 3 is 1.58 bits per heavy atom. The quantitative estimate of drug-likeness (QED) is 0.145. The van der Waals surface area contributed by atoms with Gasteiger partial charge in [-0.2, -0.15) is 0 Å². The summed E-state index contributed by atoms with van der Waals surface area (Å²) in [4.78, 5) is 2.40. The first kappa shape index (κ1) is 37.8. The Balaban J connectivity index is 0.954. The smallest absolute Gasteiger partial charge is 0.0547 e. The average molecular weight is 839 g/mol. The van der Waals surface area contributed by atoms with Gasteiger partial charge in [0.25, 0.3) is 0 Å². The molecular formula is C64H42N2. The molecule has 2 heteroatoms. The summed E-state index contributed by atoms with van der Waals surface area (Å²) in [6.07, 6.45) is 0. The van der Waals surface area contributed by atoms with Gasteiger partial charge in [0, 0.05) is 33.4 Å². The highest BCUT2D eigenvalue weighted by molar-refractivity contribution is 6.21.